The molecule has 0 saturated heterocycles. The number of hydrogen-bond acceptors (Lipinski definition) is 3. The number of anilines is 1. The van der Waals surface area contributed by atoms with E-state index < -0.39 is 18.5 Å². The van der Waals surface area contributed by atoms with Crippen LogP contribution in [0.3, 0.4) is 0 Å². The van der Waals surface area contributed by atoms with E-state index in [-0.39, 0.29) is 51.4 Å². The average molecular weight is 304 g/mol. The normalized spacial score (nSPS) is 12.1. The van der Waals surface area contributed by atoms with Gasteiger partial charge in [0.15, 0.2) is 6.04 Å². The van der Waals surface area contributed by atoms with Crippen molar-refractivity contribution in [2.75, 3.05) is 5.32 Å². The van der Waals surface area contributed by atoms with Crippen molar-refractivity contribution < 1.29 is 68.7 Å². The predicted octanol–water partition coefficient (Wildman–Crippen LogP) is 0.0148. The predicted molar refractivity (Wildman–Crippen MR) is 65.8 cm³/mol. The summed E-state index contributed by atoms with van der Waals surface area (Å²) >= 11 is 0. The van der Waals surface area contributed by atoms with Gasteiger partial charge in [-0.3, -0.25) is 0 Å². The van der Waals surface area contributed by atoms with E-state index in [0.29, 0.717) is 11.4 Å². The molecule has 20 heavy (non-hydrogen) atoms. The van der Waals surface area contributed by atoms with Crippen molar-refractivity contribution in [1.29, 1.82) is 5.26 Å². The van der Waals surface area contributed by atoms with Gasteiger partial charge in [-0.2, -0.15) is 5.26 Å². The number of rotatable bonds is 4. The molecule has 0 spiro atoms. The minimum atomic E-state index is -5.00. The summed E-state index contributed by atoms with van der Waals surface area (Å²) in [4.78, 5) is 0. The summed E-state index contributed by atoms with van der Waals surface area (Å²) in [5, 5.41) is 11.8. The molecule has 0 saturated carbocycles. The number of nitrogens with zero attached hydrogens (tertiary/aromatic N) is 1. The molecule has 3 nitrogen and oxygen atoms in total. The van der Waals surface area contributed by atoms with E-state index in [0.717, 1.165) is 12.1 Å². The fourth-order valence-corrected chi connectivity index (χ4v) is 1.59. The molecule has 0 radical (unpaired) electrons. The van der Waals surface area contributed by atoms with E-state index in [1.54, 1.807) is 12.1 Å². The molecule has 1 N–H and O–H groups in total. The molecule has 1 aromatic heterocycles. The van der Waals surface area contributed by atoms with Gasteiger partial charge in [0.25, 0.3) is 0 Å². The molecule has 1 heterocycles. The standard InChI is InChI=1S/C12H9BF3N2O.K/c14-13(15,16)9-3-5-10(6-4-9)18-11(8-17)12-2-1-7-19-12;/h1-7,11,18H;/q-1;+1. The van der Waals surface area contributed by atoms with E-state index in [1.807, 2.05) is 6.07 Å². The number of furan rings is 1. The van der Waals surface area contributed by atoms with Crippen molar-refractivity contribution in [2.24, 2.45) is 0 Å². The second kappa shape index (κ2) is 7.34. The van der Waals surface area contributed by atoms with Crippen LogP contribution in [0.4, 0.5) is 18.6 Å². The topological polar surface area (TPSA) is 49.0 Å². The third-order valence-electron chi connectivity index (χ3n) is 2.56. The average Bonchev–Trinajstić information content (AvgIpc) is 2.89. The van der Waals surface area contributed by atoms with Crippen LogP contribution in [-0.2, 0) is 0 Å². The molecular weight excluding hydrogens is 295 g/mol. The van der Waals surface area contributed by atoms with Gasteiger partial charge in [-0.25, -0.2) is 0 Å². The van der Waals surface area contributed by atoms with Crippen LogP contribution < -0.4 is 62.2 Å². The molecule has 0 bridgehead atoms. The van der Waals surface area contributed by atoms with Gasteiger partial charge in [-0.15, -0.1) is 5.46 Å². The third kappa shape index (κ3) is 4.40. The largest absolute Gasteiger partial charge is 1.00 e. The van der Waals surface area contributed by atoms with Crippen molar-refractivity contribution in [3.05, 3.63) is 48.4 Å². The fourth-order valence-electron chi connectivity index (χ4n) is 1.59. The number of nitriles is 1. The van der Waals surface area contributed by atoms with Crippen LogP contribution in [-0.4, -0.2) is 6.98 Å². The van der Waals surface area contributed by atoms with Gasteiger partial charge in [0.05, 0.1) is 12.3 Å². The van der Waals surface area contributed by atoms with Gasteiger partial charge < -0.3 is 22.7 Å². The Morgan fingerprint density at radius 2 is 1.80 bits per heavy atom. The molecule has 1 unspecified atom stereocenters. The van der Waals surface area contributed by atoms with E-state index in [9.17, 15) is 12.9 Å². The van der Waals surface area contributed by atoms with Crippen LogP contribution in [0.15, 0.2) is 47.1 Å². The minimum Gasteiger partial charge on any atom is -0.466 e. The Morgan fingerprint density at radius 1 is 1.15 bits per heavy atom. The van der Waals surface area contributed by atoms with E-state index in [2.05, 4.69) is 5.32 Å². The van der Waals surface area contributed by atoms with Gasteiger partial charge in [0.2, 0.25) is 0 Å². The van der Waals surface area contributed by atoms with Crippen molar-refractivity contribution in [3.63, 3.8) is 0 Å². The summed E-state index contributed by atoms with van der Waals surface area (Å²) in [7, 11) is 0. The van der Waals surface area contributed by atoms with Gasteiger partial charge >= 0.3 is 58.4 Å². The van der Waals surface area contributed by atoms with Crippen LogP contribution in [0.25, 0.3) is 0 Å². The van der Waals surface area contributed by atoms with Gasteiger partial charge in [0, 0.05) is 5.69 Å². The molecule has 1 atom stereocenters. The first kappa shape index (κ1) is 17.3. The van der Waals surface area contributed by atoms with Crippen LogP contribution >= 0.6 is 0 Å². The molecule has 1 aromatic carbocycles. The summed E-state index contributed by atoms with van der Waals surface area (Å²) in [5.41, 5.74) is -0.246. The number of nitrogens with one attached hydrogen (secondary N) is 1. The Hall–Kier alpha value is -0.719. The van der Waals surface area contributed by atoms with E-state index in [1.165, 1.54) is 18.4 Å². The summed E-state index contributed by atoms with van der Waals surface area (Å²) < 4.78 is 42.4. The molecule has 0 aliphatic carbocycles. The fraction of sp³-hybridized carbons (Fsp3) is 0.0833. The zero-order valence-corrected chi connectivity index (χ0v) is 13.8. The summed E-state index contributed by atoms with van der Waals surface area (Å²) in [6.07, 6.45) is 1.43. The minimum absolute atomic E-state index is 0. The zero-order valence-electron chi connectivity index (χ0n) is 10.7. The maximum atomic E-state index is 12.4. The quantitative estimate of drug-likeness (QED) is 0.810. The molecule has 0 aliphatic heterocycles. The molecule has 0 aliphatic rings. The Morgan fingerprint density at radius 3 is 2.25 bits per heavy atom. The number of hydrogen-bond donors (Lipinski definition) is 1. The van der Waals surface area contributed by atoms with Crippen molar-refractivity contribution in [1.82, 2.24) is 0 Å². The van der Waals surface area contributed by atoms with Crippen molar-refractivity contribution in [2.45, 2.75) is 6.04 Å². The molecule has 2 aromatic rings. The molecular formula is C12H9BF3KN2O. The maximum Gasteiger partial charge on any atom is 1.00 e. The molecule has 0 fully saturated rings. The summed E-state index contributed by atoms with van der Waals surface area (Å²) in [6, 6.07) is 9.04. The first-order chi connectivity index (χ1) is 9.00. The second-order valence-corrected chi connectivity index (χ2v) is 3.92. The monoisotopic (exact) mass is 304 g/mol. The summed E-state index contributed by atoms with van der Waals surface area (Å²) in [6.45, 7) is -5.00. The maximum absolute atomic E-state index is 12.4. The van der Waals surface area contributed by atoms with Crippen molar-refractivity contribution >= 4 is 18.1 Å². The van der Waals surface area contributed by atoms with E-state index >= 15 is 0 Å². The first-order valence-corrected chi connectivity index (χ1v) is 5.50. The SMILES string of the molecule is N#CC(Nc1ccc([B-](F)(F)F)cc1)c1ccco1.[K+]. The smallest absolute Gasteiger partial charge is 0.466 e. The molecule has 8 heteroatoms. The summed E-state index contributed by atoms with van der Waals surface area (Å²) in [5.74, 6) is 0.409. The Balaban J connectivity index is 0.00000200. The Labute approximate surface area is 156 Å². The van der Waals surface area contributed by atoms with Crippen LogP contribution in [0.5, 0.6) is 0 Å². The van der Waals surface area contributed by atoms with Gasteiger partial charge in [-0.05, 0) is 24.3 Å². The Kier molecular flexibility index (Phi) is 6.36. The number of halogens is 3. The van der Waals surface area contributed by atoms with Crippen molar-refractivity contribution in [3.8, 4) is 6.07 Å². The third-order valence-corrected chi connectivity index (χ3v) is 2.56. The van der Waals surface area contributed by atoms with Gasteiger partial charge in [-0.1, -0.05) is 12.1 Å². The molecule has 0 amide bonds. The van der Waals surface area contributed by atoms with Crippen LogP contribution in [0, 0.1) is 11.3 Å². The van der Waals surface area contributed by atoms with Gasteiger partial charge in [0.1, 0.15) is 5.76 Å². The molecule has 2 rings (SSSR count). The number of benzene rings is 1. The Bertz CT molecular complexity index is 578. The van der Waals surface area contributed by atoms with Crippen LogP contribution in [0.2, 0.25) is 0 Å². The van der Waals surface area contributed by atoms with Crippen LogP contribution in [0.1, 0.15) is 11.8 Å². The first-order valence-electron chi connectivity index (χ1n) is 5.50. The van der Waals surface area contributed by atoms with E-state index in [4.69, 9.17) is 9.68 Å². The zero-order chi connectivity index (χ0) is 13.9. The second-order valence-electron chi connectivity index (χ2n) is 3.92. The molecule has 98 valence electrons.